The molecule has 0 spiro atoms. The minimum atomic E-state index is -0.134. The van der Waals surface area contributed by atoms with Crippen molar-refractivity contribution in [2.75, 3.05) is 12.4 Å². The van der Waals surface area contributed by atoms with Gasteiger partial charge in [0.2, 0.25) is 5.91 Å². The molecule has 3 rings (SSSR count). The third-order valence-corrected chi connectivity index (χ3v) is 4.38. The Bertz CT molecular complexity index is 876. The first-order valence-corrected chi connectivity index (χ1v) is 8.62. The van der Waals surface area contributed by atoms with E-state index in [0.29, 0.717) is 18.0 Å². The van der Waals surface area contributed by atoms with Gasteiger partial charge in [0.25, 0.3) is 0 Å². The lowest BCUT2D eigenvalue weighted by Crippen LogP contribution is -2.07. The summed E-state index contributed by atoms with van der Waals surface area (Å²) in [6, 6.07) is 15.1. The molecule has 0 atom stereocenters. The van der Waals surface area contributed by atoms with E-state index < -0.39 is 0 Å². The maximum Gasteiger partial charge on any atom is 0.221 e. The van der Waals surface area contributed by atoms with Crippen LogP contribution < -0.4 is 14.8 Å². The Labute approximate surface area is 150 Å². The van der Waals surface area contributed by atoms with E-state index in [1.165, 1.54) is 6.92 Å². The Kier molecular flexibility index (Phi) is 5.30. The van der Waals surface area contributed by atoms with Crippen LogP contribution in [0.15, 0.2) is 53.9 Å². The molecule has 0 radical (unpaired) electrons. The van der Waals surface area contributed by atoms with Crippen molar-refractivity contribution in [2.45, 2.75) is 13.5 Å². The summed E-state index contributed by atoms with van der Waals surface area (Å²) >= 11 is 1.56. The first-order chi connectivity index (χ1) is 12.2. The lowest BCUT2D eigenvalue weighted by Gasteiger charge is -2.10. The molecule has 1 aromatic heterocycles. The van der Waals surface area contributed by atoms with E-state index in [9.17, 15) is 4.79 Å². The van der Waals surface area contributed by atoms with Gasteiger partial charge in [0.05, 0.1) is 18.5 Å². The highest BCUT2D eigenvalue weighted by Gasteiger charge is 2.09. The summed E-state index contributed by atoms with van der Waals surface area (Å²) in [7, 11) is 1.65. The van der Waals surface area contributed by atoms with E-state index in [1.54, 1.807) is 24.5 Å². The zero-order valence-corrected chi connectivity index (χ0v) is 14.8. The molecule has 0 saturated carbocycles. The second kappa shape index (κ2) is 7.81. The number of para-hydroxylation sites is 2. The van der Waals surface area contributed by atoms with Crippen LogP contribution in [0.4, 0.5) is 5.69 Å². The van der Waals surface area contributed by atoms with Gasteiger partial charge in [-0.1, -0.05) is 24.3 Å². The summed E-state index contributed by atoms with van der Waals surface area (Å²) in [5, 5.41) is 5.64. The molecule has 0 aliphatic carbocycles. The van der Waals surface area contributed by atoms with Crippen LogP contribution in [0.25, 0.3) is 10.6 Å². The van der Waals surface area contributed by atoms with Crippen LogP contribution >= 0.6 is 11.3 Å². The fourth-order valence-corrected chi connectivity index (χ4v) is 3.10. The Hall–Kier alpha value is -2.86. The lowest BCUT2D eigenvalue weighted by molar-refractivity contribution is -0.114. The number of thiazole rings is 1. The van der Waals surface area contributed by atoms with E-state index in [0.717, 1.165) is 22.0 Å². The first-order valence-electron chi connectivity index (χ1n) is 7.74. The van der Waals surface area contributed by atoms with E-state index in [1.807, 2.05) is 47.8 Å². The number of nitrogens with one attached hydrogen (secondary N) is 1. The molecule has 0 aliphatic heterocycles. The van der Waals surface area contributed by atoms with Crippen molar-refractivity contribution in [2.24, 2.45) is 0 Å². The molecule has 2 aromatic carbocycles. The third kappa shape index (κ3) is 4.36. The monoisotopic (exact) mass is 354 g/mol. The summed E-state index contributed by atoms with van der Waals surface area (Å²) in [5.41, 5.74) is 2.49. The smallest absolute Gasteiger partial charge is 0.221 e. The molecule has 1 N–H and O–H groups in total. The lowest BCUT2D eigenvalue weighted by atomic mass is 10.2. The number of carbonyl (C=O) groups excluding carboxylic acids is 1. The van der Waals surface area contributed by atoms with Gasteiger partial charge in [0, 0.05) is 17.9 Å². The highest BCUT2D eigenvalue weighted by atomic mass is 32.1. The van der Waals surface area contributed by atoms with Gasteiger partial charge in [-0.05, 0) is 24.3 Å². The van der Waals surface area contributed by atoms with Gasteiger partial charge >= 0.3 is 0 Å². The predicted octanol–water partition coefficient (Wildman–Crippen LogP) is 4.36. The fraction of sp³-hybridized carbons (Fsp3) is 0.158. The van der Waals surface area contributed by atoms with E-state index >= 15 is 0 Å². The Morgan fingerprint density at radius 2 is 2.04 bits per heavy atom. The maximum absolute atomic E-state index is 11.3. The predicted molar refractivity (Wildman–Crippen MR) is 99.2 cm³/mol. The largest absolute Gasteiger partial charge is 0.497 e. The zero-order valence-electron chi connectivity index (χ0n) is 14.0. The molecular weight excluding hydrogens is 336 g/mol. The number of aromatic nitrogens is 1. The SMILES string of the molecule is COc1cccc(-c2nc(COc3ccccc3NC(C)=O)cs2)c1. The Balaban J connectivity index is 1.71. The quantitative estimate of drug-likeness (QED) is 0.715. The average molecular weight is 354 g/mol. The van der Waals surface area contributed by atoms with Crippen molar-refractivity contribution >= 4 is 22.9 Å². The van der Waals surface area contributed by atoms with Crippen LogP contribution in [0.3, 0.4) is 0 Å². The molecule has 5 nitrogen and oxygen atoms in total. The molecule has 25 heavy (non-hydrogen) atoms. The second-order valence-corrected chi connectivity index (χ2v) is 6.20. The van der Waals surface area contributed by atoms with Gasteiger partial charge < -0.3 is 14.8 Å². The Morgan fingerprint density at radius 3 is 2.84 bits per heavy atom. The number of nitrogens with zero attached hydrogens (tertiary/aromatic N) is 1. The summed E-state index contributed by atoms with van der Waals surface area (Å²) < 4.78 is 11.1. The average Bonchev–Trinajstić information content (AvgIpc) is 3.09. The summed E-state index contributed by atoms with van der Waals surface area (Å²) in [4.78, 5) is 15.9. The van der Waals surface area contributed by atoms with Crippen molar-refractivity contribution in [1.82, 2.24) is 4.98 Å². The molecule has 0 saturated heterocycles. The normalized spacial score (nSPS) is 10.3. The summed E-state index contributed by atoms with van der Waals surface area (Å²) in [6.45, 7) is 1.80. The number of hydrogen-bond donors (Lipinski definition) is 1. The van der Waals surface area contributed by atoms with Gasteiger partial charge in [-0.2, -0.15) is 0 Å². The zero-order chi connectivity index (χ0) is 17.6. The number of carbonyl (C=O) groups is 1. The number of hydrogen-bond acceptors (Lipinski definition) is 5. The molecule has 1 heterocycles. The van der Waals surface area contributed by atoms with Crippen LogP contribution in [0, 0.1) is 0 Å². The Morgan fingerprint density at radius 1 is 1.20 bits per heavy atom. The highest BCUT2D eigenvalue weighted by molar-refractivity contribution is 7.13. The number of anilines is 1. The molecule has 0 unspecified atom stereocenters. The van der Waals surface area contributed by atoms with Crippen LogP contribution in [0.2, 0.25) is 0 Å². The van der Waals surface area contributed by atoms with E-state index in [2.05, 4.69) is 10.3 Å². The van der Waals surface area contributed by atoms with Crippen LogP contribution in [-0.2, 0) is 11.4 Å². The number of amides is 1. The number of rotatable bonds is 6. The van der Waals surface area contributed by atoms with Crippen LogP contribution in [0.1, 0.15) is 12.6 Å². The summed E-state index contributed by atoms with van der Waals surface area (Å²) in [6.07, 6.45) is 0. The maximum atomic E-state index is 11.3. The summed E-state index contributed by atoms with van der Waals surface area (Å²) in [5.74, 6) is 1.29. The molecular formula is C19H18N2O3S. The molecule has 0 fully saturated rings. The van der Waals surface area contributed by atoms with Gasteiger partial charge in [0.1, 0.15) is 23.1 Å². The molecule has 1 amide bonds. The highest BCUT2D eigenvalue weighted by Crippen LogP contribution is 2.28. The van der Waals surface area contributed by atoms with Crippen molar-refractivity contribution < 1.29 is 14.3 Å². The van der Waals surface area contributed by atoms with E-state index in [4.69, 9.17) is 9.47 Å². The molecule has 0 bridgehead atoms. The minimum absolute atomic E-state index is 0.134. The van der Waals surface area contributed by atoms with E-state index in [-0.39, 0.29) is 5.91 Å². The second-order valence-electron chi connectivity index (χ2n) is 5.34. The van der Waals surface area contributed by atoms with Gasteiger partial charge in [-0.3, -0.25) is 4.79 Å². The van der Waals surface area contributed by atoms with Crippen molar-refractivity contribution in [3.63, 3.8) is 0 Å². The van der Waals surface area contributed by atoms with Crippen LogP contribution in [0.5, 0.6) is 11.5 Å². The third-order valence-electron chi connectivity index (χ3n) is 3.44. The number of benzene rings is 2. The number of ether oxygens (including phenoxy) is 2. The van der Waals surface area contributed by atoms with Crippen molar-refractivity contribution in [3.05, 3.63) is 59.6 Å². The van der Waals surface area contributed by atoms with Crippen molar-refractivity contribution in [3.8, 4) is 22.1 Å². The molecule has 3 aromatic rings. The molecule has 128 valence electrons. The number of methoxy groups -OCH3 is 1. The fourth-order valence-electron chi connectivity index (χ4n) is 2.30. The molecule has 0 aliphatic rings. The standard InChI is InChI=1S/C19H18N2O3S/c1-13(22)20-17-8-3-4-9-18(17)24-11-15-12-25-19(21-15)14-6-5-7-16(10-14)23-2/h3-10,12H,11H2,1-2H3,(H,20,22). The van der Waals surface area contributed by atoms with Gasteiger partial charge in [-0.15, -0.1) is 11.3 Å². The first kappa shape index (κ1) is 17.0. The topological polar surface area (TPSA) is 60.5 Å². The van der Waals surface area contributed by atoms with Crippen molar-refractivity contribution in [1.29, 1.82) is 0 Å². The van der Waals surface area contributed by atoms with Gasteiger partial charge in [-0.25, -0.2) is 4.98 Å². The minimum Gasteiger partial charge on any atom is -0.497 e. The van der Waals surface area contributed by atoms with Crippen LogP contribution in [-0.4, -0.2) is 18.0 Å². The molecule has 6 heteroatoms. The van der Waals surface area contributed by atoms with Gasteiger partial charge in [0.15, 0.2) is 0 Å².